The number of hydrogen-bond donors (Lipinski definition) is 3. The average molecular weight is 142 g/mol. The van der Waals surface area contributed by atoms with Crippen molar-refractivity contribution in [2.24, 2.45) is 0 Å². The summed E-state index contributed by atoms with van der Waals surface area (Å²) in [4.78, 5) is 0.384. The SMILES string of the molecule is Oc1cccc(S)c1O. The molecule has 0 aliphatic heterocycles. The van der Waals surface area contributed by atoms with Gasteiger partial charge in [0.2, 0.25) is 0 Å². The summed E-state index contributed by atoms with van der Waals surface area (Å²) in [6.07, 6.45) is 0. The van der Waals surface area contributed by atoms with Crippen molar-refractivity contribution in [3.8, 4) is 11.5 Å². The fourth-order valence-electron chi connectivity index (χ4n) is 0.519. The molecule has 0 atom stereocenters. The minimum atomic E-state index is -0.166. The fourth-order valence-corrected chi connectivity index (χ4v) is 0.720. The summed E-state index contributed by atoms with van der Waals surface area (Å²) < 4.78 is 0. The van der Waals surface area contributed by atoms with Gasteiger partial charge in [-0.3, -0.25) is 0 Å². The van der Waals surface area contributed by atoms with Crippen LogP contribution in [0.1, 0.15) is 0 Å². The van der Waals surface area contributed by atoms with E-state index < -0.39 is 0 Å². The minimum absolute atomic E-state index is 0.137. The number of para-hydroxylation sites is 1. The average Bonchev–Trinajstić information content (AvgIpc) is 1.83. The van der Waals surface area contributed by atoms with Crippen molar-refractivity contribution in [1.29, 1.82) is 0 Å². The van der Waals surface area contributed by atoms with E-state index in [2.05, 4.69) is 12.6 Å². The maximum atomic E-state index is 8.88. The lowest BCUT2D eigenvalue weighted by molar-refractivity contribution is 0.395. The summed E-state index contributed by atoms with van der Waals surface area (Å²) in [7, 11) is 0. The molecule has 0 bridgehead atoms. The first-order valence-corrected chi connectivity index (χ1v) is 2.86. The van der Waals surface area contributed by atoms with Crippen LogP contribution in [0.2, 0.25) is 0 Å². The van der Waals surface area contributed by atoms with E-state index in [1.807, 2.05) is 0 Å². The Hall–Kier alpha value is -0.830. The normalized spacial score (nSPS) is 9.44. The first-order chi connectivity index (χ1) is 4.22. The summed E-state index contributed by atoms with van der Waals surface area (Å²) >= 11 is 3.86. The van der Waals surface area contributed by atoms with Crippen LogP contribution in [-0.4, -0.2) is 10.2 Å². The maximum Gasteiger partial charge on any atom is 0.171 e. The zero-order chi connectivity index (χ0) is 6.85. The van der Waals surface area contributed by atoms with Gasteiger partial charge in [0.25, 0.3) is 0 Å². The molecule has 0 radical (unpaired) electrons. The summed E-state index contributed by atoms with van der Waals surface area (Å²) in [5.74, 6) is -0.302. The highest BCUT2D eigenvalue weighted by molar-refractivity contribution is 7.80. The third kappa shape index (κ3) is 1.10. The maximum absolute atomic E-state index is 8.88. The minimum Gasteiger partial charge on any atom is -0.504 e. The molecule has 3 heteroatoms. The number of rotatable bonds is 0. The molecule has 0 unspecified atom stereocenters. The first-order valence-electron chi connectivity index (χ1n) is 2.41. The molecule has 0 saturated heterocycles. The second-order valence-electron chi connectivity index (χ2n) is 1.64. The van der Waals surface area contributed by atoms with E-state index in [9.17, 15) is 0 Å². The summed E-state index contributed by atoms with van der Waals surface area (Å²) in [5.41, 5.74) is 0. The van der Waals surface area contributed by atoms with Gasteiger partial charge in [0.05, 0.1) is 0 Å². The molecule has 0 amide bonds. The molecule has 0 aromatic heterocycles. The Labute approximate surface area is 58.2 Å². The lowest BCUT2D eigenvalue weighted by Gasteiger charge is -1.97. The van der Waals surface area contributed by atoms with Gasteiger partial charge in [-0.25, -0.2) is 0 Å². The van der Waals surface area contributed by atoms with E-state index in [4.69, 9.17) is 10.2 Å². The van der Waals surface area contributed by atoms with Crippen LogP contribution >= 0.6 is 12.6 Å². The van der Waals surface area contributed by atoms with Gasteiger partial charge in [0.15, 0.2) is 11.5 Å². The van der Waals surface area contributed by atoms with Gasteiger partial charge in [0, 0.05) is 4.90 Å². The van der Waals surface area contributed by atoms with Crippen LogP contribution < -0.4 is 0 Å². The van der Waals surface area contributed by atoms with E-state index in [0.717, 1.165) is 0 Å². The van der Waals surface area contributed by atoms with Crippen molar-refractivity contribution in [3.63, 3.8) is 0 Å². The topological polar surface area (TPSA) is 40.5 Å². The largest absolute Gasteiger partial charge is 0.504 e. The van der Waals surface area contributed by atoms with Gasteiger partial charge in [-0.05, 0) is 12.1 Å². The second kappa shape index (κ2) is 2.19. The molecule has 1 aromatic carbocycles. The molecule has 2 N–H and O–H groups in total. The standard InChI is InChI=1S/C6H6O2S/c7-4-2-1-3-5(9)6(4)8/h1-3,7-9H. The van der Waals surface area contributed by atoms with Crippen LogP contribution in [0.15, 0.2) is 23.1 Å². The Balaban J connectivity index is 3.25. The quantitative estimate of drug-likeness (QED) is 0.378. The third-order valence-corrected chi connectivity index (χ3v) is 1.35. The molecular weight excluding hydrogens is 136 g/mol. The predicted octanol–water partition coefficient (Wildman–Crippen LogP) is 1.39. The van der Waals surface area contributed by atoms with E-state index >= 15 is 0 Å². The van der Waals surface area contributed by atoms with Crippen LogP contribution in [0.3, 0.4) is 0 Å². The number of benzene rings is 1. The van der Waals surface area contributed by atoms with Crippen molar-refractivity contribution in [3.05, 3.63) is 18.2 Å². The van der Waals surface area contributed by atoms with Gasteiger partial charge in [-0.2, -0.15) is 0 Å². The molecule has 1 rings (SSSR count). The van der Waals surface area contributed by atoms with Crippen LogP contribution in [-0.2, 0) is 0 Å². The van der Waals surface area contributed by atoms with Crippen LogP contribution in [0.25, 0.3) is 0 Å². The monoisotopic (exact) mass is 142 g/mol. The summed E-state index contributed by atoms with van der Waals surface area (Å²) in [6.45, 7) is 0. The van der Waals surface area contributed by atoms with E-state index in [-0.39, 0.29) is 11.5 Å². The number of phenols is 2. The zero-order valence-electron chi connectivity index (χ0n) is 4.57. The third-order valence-electron chi connectivity index (χ3n) is 0.993. The molecule has 0 aliphatic rings. The van der Waals surface area contributed by atoms with Crippen molar-refractivity contribution in [1.82, 2.24) is 0 Å². The van der Waals surface area contributed by atoms with Gasteiger partial charge < -0.3 is 10.2 Å². The molecule has 48 valence electrons. The molecular formula is C6H6O2S. The van der Waals surface area contributed by atoms with Crippen LogP contribution in [0.5, 0.6) is 11.5 Å². The van der Waals surface area contributed by atoms with Crippen LogP contribution in [0.4, 0.5) is 0 Å². The Morgan fingerprint density at radius 2 is 1.89 bits per heavy atom. The molecule has 1 aromatic rings. The Bertz CT molecular complexity index is 202. The number of thiol groups is 1. The highest BCUT2D eigenvalue weighted by Crippen LogP contribution is 2.30. The highest BCUT2D eigenvalue weighted by Gasteiger charge is 1.98. The van der Waals surface area contributed by atoms with E-state index in [1.54, 1.807) is 12.1 Å². The van der Waals surface area contributed by atoms with Crippen molar-refractivity contribution >= 4 is 12.6 Å². The summed E-state index contributed by atoms with van der Waals surface area (Å²) in [6, 6.07) is 4.60. The smallest absolute Gasteiger partial charge is 0.171 e. The molecule has 9 heavy (non-hydrogen) atoms. The number of hydrogen-bond acceptors (Lipinski definition) is 3. The molecule has 0 saturated carbocycles. The lowest BCUT2D eigenvalue weighted by atomic mass is 10.3. The Morgan fingerprint density at radius 3 is 2.33 bits per heavy atom. The molecule has 0 heterocycles. The zero-order valence-corrected chi connectivity index (χ0v) is 5.47. The predicted molar refractivity (Wildman–Crippen MR) is 37.0 cm³/mol. The Morgan fingerprint density at radius 1 is 1.22 bits per heavy atom. The Kier molecular flexibility index (Phi) is 1.53. The second-order valence-corrected chi connectivity index (χ2v) is 2.13. The van der Waals surface area contributed by atoms with Gasteiger partial charge in [-0.1, -0.05) is 6.07 Å². The number of aromatic hydroxyl groups is 2. The lowest BCUT2D eigenvalue weighted by Crippen LogP contribution is -1.68. The number of phenolic OH excluding ortho intramolecular Hbond substituents is 2. The van der Waals surface area contributed by atoms with E-state index in [0.29, 0.717) is 4.90 Å². The molecule has 0 aliphatic carbocycles. The van der Waals surface area contributed by atoms with Gasteiger partial charge in [-0.15, -0.1) is 12.6 Å². The molecule has 0 fully saturated rings. The summed E-state index contributed by atoms with van der Waals surface area (Å²) in [5, 5.41) is 17.7. The molecule has 2 nitrogen and oxygen atoms in total. The van der Waals surface area contributed by atoms with Crippen molar-refractivity contribution in [2.75, 3.05) is 0 Å². The fraction of sp³-hybridized carbons (Fsp3) is 0. The highest BCUT2D eigenvalue weighted by atomic mass is 32.1. The van der Waals surface area contributed by atoms with Gasteiger partial charge in [0.1, 0.15) is 0 Å². The van der Waals surface area contributed by atoms with Gasteiger partial charge >= 0.3 is 0 Å². The van der Waals surface area contributed by atoms with Crippen molar-refractivity contribution in [2.45, 2.75) is 4.90 Å². The van der Waals surface area contributed by atoms with Crippen molar-refractivity contribution < 1.29 is 10.2 Å². The first kappa shape index (κ1) is 6.29. The molecule has 0 spiro atoms. The van der Waals surface area contributed by atoms with Crippen LogP contribution in [0, 0.1) is 0 Å². The van der Waals surface area contributed by atoms with E-state index in [1.165, 1.54) is 6.07 Å².